The summed E-state index contributed by atoms with van der Waals surface area (Å²) in [5.74, 6) is -1.78. The van der Waals surface area contributed by atoms with Crippen LogP contribution in [0.25, 0.3) is 0 Å². The fourth-order valence-corrected chi connectivity index (χ4v) is 6.29. The number of nitrogens with zero attached hydrogens (tertiary/aromatic N) is 3. The quantitative estimate of drug-likeness (QED) is 0.278. The Morgan fingerprint density at radius 3 is 2.33 bits per heavy atom. The molecule has 2 aliphatic rings. The lowest BCUT2D eigenvalue weighted by Gasteiger charge is -2.36. The summed E-state index contributed by atoms with van der Waals surface area (Å²) in [6, 6.07) is 8.85. The van der Waals surface area contributed by atoms with Crippen LogP contribution in [-0.2, 0) is 17.8 Å². The molecular weight excluding hydrogens is 636 g/mol. The number of carboxylic acid groups (broad SMARTS) is 1. The maximum absolute atomic E-state index is 14.1. The standard InChI is InChI=1S/C31H31Cl2F3N4O5/c1-16-13-23-26(15-39(16)27(41)20-7-12-24(32)25(33)14-20)38-30(40(28(23)42)21-8-3-19(4-9-21)29(43)44)37-17(2)18-5-10-22(11-6-18)45-31(34,35)36/h5-7,10-12,14,16-17,19,21H,3-4,8-9,13,15H2,1-2H3,(H,37,38)(H,43,44)/t16-,17+,19?,21?/m1/s1. The second-order valence-electron chi connectivity index (χ2n) is 11.5. The van der Waals surface area contributed by atoms with E-state index in [9.17, 15) is 32.7 Å². The van der Waals surface area contributed by atoms with Gasteiger partial charge in [-0.15, -0.1) is 13.2 Å². The van der Waals surface area contributed by atoms with Crippen molar-refractivity contribution in [3.8, 4) is 5.75 Å². The monoisotopic (exact) mass is 666 g/mol. The Morgan fingerprint density at radius 1 is 1.07 bits per heavy atom. The average Bonchev–Trinajstić information content (AvgIpc) is 2.98. The van der Waals surface area contributed by atoms with Gasteiger partial charge in [0.25, 0.3) is 11.5 Å². The van der Waals surface area contributed by atoms with Crippen molar-refractivity contribution in [1.82, 2.24) is 14.5 Å². The predicted octanol–water partition coefficient (Wildman–Crippen LogP) is 7.02. The van der Waals surface area contributed by atoms with Gasteiger partial charge in [0.05, 0.1) is 34.2 Å². The van der Waals surface area contributed by atoms with Gasteiger partial charge in [0.1, 0.15) is 5.75 Å². The van der Waals surface area contributed by atoms with Gasteiger partial charge in [-0.05, 0) is 81.8 Å². The smallest absolute Gasteiger partial charge is 0.481 e. The lowest BCUT2D eigenvalue weighted by Crippen LogP contribution is -2.46. The molecular formula is C31H31Cl2F3N4O5. The van der Waals surface area contributed by atoms with E-state index >= 15 is 0 Å². The lowest BCUT2D eigenvalue weighted by molar-refractivity contribution is -0.274. The second kappa shape index (κ2) is 12.9. The molecule has 2 aromatic carbocycles. The van der Waals surface area contributed by atoms with E-state index in [1.165, 1.54) is 30.3 Å². The van der Waals surface area contributed by atoms with Crippen molar-refractivity contribution >= 4 is 41.0 Å². The van der Waals surface area contributed by atoms with Crippen LogP contribution in [0.3, 0.4) is 0 Å². The van der Waals surface area contributed by atoms with Gasteiger partial charge in [0, 0.05) is 23.2 Å². The summed E-state index contributed by atoms with van der Waals surface area (Å²) in [4.78, 5) is 45.7. The lowest BCUT2D eigenvalue weighted by atomic mass is 9.86. The first-order valence-electron chi connectivity index (χ1n) is 14.5. The molecule has 9 nitrogen and oxygen atoms in total. The molecule has 0 bridgehead atoms. The molecule has 2 heterocycles. The second-order valence-corrected chi connectivity index (χ2v) is 12.3. The number of halogens is 5. The van der Waals surface area contributed by atoms with E-state index < -0.39 is 24.3 Å². The van der Waals surface area contributed by atoms with Gasteiger partial charge >= 0.3 is 12.3 Å². The van der Waals surface area contributed by atoms with Gasteiger partial charge in [0.2, 0.25) is 5.95 Å². The molecule has 2 atom stereocenters. The van der Waals surface area contributed by atoms with Crippen LogP contribution in [-0.4, -0.2) is 43.8 Å². The number of ether oxygens (including phenoxy) is 1. The van der Waals surface area contributed by atoms with Crippen LogP contribution in [0, 0.1) is 5.92 Å². The molecule has 5 rings (SSSR count). The zero-order valence-electron chi connectivity index (χ0n) is 24.4. The Morgan fingerprint density at radius 2 is 1.73 bits per heavy atom. The van der Waals surface area contributed by atoms with Gasteiger partial charge in [-0.25, -0.2) is 4.98 Å². The topological polar surface area (TPSA) is 114 Å². The Labute approximate surface area is 266 Å². The summed E-state index contributed by atoms with van der Waals surface area (Å²) in [7, 11) is 0. The van der Waals surface area contributed by atoms with Gasteiger partial charge in [-0.2, -0.15) is 0 Å². The first-order chi connectivity index (χ1) is 21.2. The summed E-state index contributed by atoms with van der Waals surface area (Å²) < 4.78 is 43.5. The number of aliphatic carboxylic acids is 1. The van der Waals surface area contributed by atoms with Crippen molar-refractivity contribution in [2.24, 2.45) is 5.92 Å². The fraction of sp³-hybridized carbons (Fsp3) is 0.419. The molecule has 240 valence electrons. The minimum absolute atomic E-state index is 0.0595. The summed E-state index contributed by atoms with van der Waals surface area (Å²) in [6.07, 6.45) is -2.83. The van der Waals surface area contributed by atoms with Crippen LogP contribution in [0.4, 0.5) is 19.1 Å². The average molecular weight is 668 g/mol. The van der Waals surface area contributed by atoms with Gasteiger partial charge in [-0.1, -0.05) is 35.3 Å². The first-order valence-corrected chi connectivity index (χ1v) is 15.2. The van der Waals surface area contributed by atoms with Crippen molar-refractivity contribution < 1.29 is 32.6 Å². The summed E-state index contributed by atoms with van der Waals surface area (Å²) in [5.41, 5.74) is 1.59. The maximum atomic E-state index is 14.1. The summed E-state index contributed by atoms with van der Waals surface area (Å²) in [6.45, 7) is 3.68. The molecule has 1 fully saturated rings. The highest BCUT2D eigenvalue weighted by Gasteiger charge is 2.35. The van der Waals surface area contributed by atoms with E-state index in [1.54, 1.807) is 28.5 Å². The Balaban J connectivity index is 1.48. The minimum atomic E-state index is -4.82. The van der Waals surface area contributed by atoms with Crippen molar-refractivity contribution in [2.45, 2.75) is 77.0 Å². The number of anilines is 1. The number of aromatic nitrogens is 2. The third kappa shape index (κ3) is 7.22. The van der Waals surface area contributed by atoms with Gasteiger partial charge < -0.3 is 20.1 Å². The van der Waals surface area contributed by atoms with E-state index in [0.717, 1.165) is 0 Å². The van der Waals surface area contributed by atoms with Crippen LogP contribution in [0.15, 0.2) is 47.3 Å². The molecule has 3 aromatic rings. The number of carbonyl (C=O) groups excluding carboxylic acids is 1. The van der Waals surface area contributed by atoms with Crippen molar-refractivity contribution in [3.05, 3.63) is 85.2 Å². The SMILES string of the molecule is C[C@H](Nc1nc2c(c(=O)n1C1CCC(C(=O)O)CC1)C[C@@H](C)N(C(=O)c1ccc(Cl)c(Cl)c1)C2)c1ccc(OC(F)(F)F)cc1. The number of carbonyl (C=O) groups is 2. The van der Waals surface area contributed by atoms with E-state index in [1.807, 2.05) is 6.92 Å². The van der Waals surface area contributed by atoms with Gasteiger partial charge in [-0.3, -0.25) is 19.0 Å². The number of nitrogens with one attached hydrogen (secondary N) is 1. The molecule has 0 spiro atoms. The van der Waals surface area contributed by atoms with Crippen molar-refractivity contribution in [3.63, 3.8) is 0 Å². The molecule has 0 saturated heterocycles. The molecule has 2 N–H and O–H groups in total. The van der Waals surface area contributed by atoms with Crippen LogP contribution >= 0.6 is 23.2 Å². The molecule has 0 radical (unpaired) electrons. The molecule has 1 saturated carbocycles. The molecule has 1 aliphatic heterocycles. The minimum Gasteiger partial charge on any atom is -0.481 e. The summed E-state index contributed by atoms with van der Waals surface area (Å²) in [5, 5.41) is 13.3. The highest BCUT2D eigenvalue weighted by Crippen LogP contribution is 2.35. The van der Waals surface area contributed by atoms with Gasteiger partial charge in [0.15, 0.2) is 0 Å². The Bertz CT molecular complexity index is 1660. The van der Waals surface area contributed by atoms with Crippen molar-refractivity contribution in [2.75, 3.05) is 5.32 Å². The largest absolute Gasteiger partial charge is 0.573 e. The zero-order valence-corrected chi connectivity index (χ0v) is 25.9. The van der Waals surface area contributed by atoms with Crippen LogP contribution in [0.2, 0.25) is 10.0 Å². The highest BCUT2D eigenvalue weighted by molar-refractivity contribution is 6.42. The number of amides is 1. The van der Waals surface area contributed by atoms with Crippen molar-refractivity contribution in [1.29, 1.82) is 0 Å². The number of hydrogen-bond acceptors (Lipinski definition) is 6. The Kier molecular flexibility index (Phi) is 9.36. The van der Waals surface area contributed by atoms with Crippen LogP contribution < -0.4 is 15.6 Å². The van der Waals surface area contributed by atoms with E-state index in [-0.39, 0.29) is 53.2 Å². The maximum Gasteiger partial charge on any atom is 0.573 e. The number of hydrogen-bond donors (Lipinski definition) is 2. The molecule has 14 heteroatoms. The third-order valence-electron chi connectivity index (χ3n) is 8.44. The third-order valence-corrected chi connectivity index (χ3v) is 9.18. The number of carboxylic acids is 1. The molecule has 0 unspecified atom stereocenters. The van der Waals surface area contributed by atoms with Crippen LogP contribution in [0.5, 0.6) is 5.75 Å². The normalized spacial score (nSPS) is 20.7. The number of fused-ring (bicyclic) bond motifs is 1. The number of alkyl halides is 3. The van der Waals surface area contributed by atoms with E-state index in [0.29, 0.717) is 53.1 Å². The van der Waals surface area contributed by atoms with Crippen LogP contribution in [0.1, 0.15) is 78.8 Å². The van der Waals surface area contributed by atoms with E-state index in [2.05, 4.69) is 10.1 Å². The highest BCUT2D eigenvalue weighted by atomic mass is 35.5. The zero-order chi connectivity index (χ0) is 32.6. The molecule has 1 amide bonds. The molecule has 1 aromatic heterocycles. The number of rotatable bonds is 7. The number of benzene rings is 2. The predicted molar refractivity (Wildman–Crippen MR) is 162 cm³/mol. The Hall–Kier alpha value is -3.77. The first kappa shape index (κ1) is 32.6. The van der Waals surface area contributed by atoms with E-state index in [4.69, 9.17) is 28.2 Å². The molecule has 45 heavy (non-hydrogen) atoms. The molecule has 1 aliphatic carbocycles. The fourth-order valence-electron chi connectivity index (χ4n) is 6.00. The summed E-state index contributed by atoms with van der Waals surface area (Å²) >= 11 is 12.2.